The molecule has 0 saturated carbocycles. The van der Waals surface area contributed by atoms with E-state index >= 15 is 0 Å². The predicted molar refractivity (Wildman–Crippen MR) is 119 cm³/mol. The van der Waals surface area contributed by atoms with Crippen molar-refractivity contribution < 1.29 is 22.3 Å². The van der Waals surface area contributed by atoms with Crippen LogP contribution in [0.1, 0.15) is 43.7 Å². The molecule has 0 fully saturated rings. The molecule has 0 aliphatic rings. The van der Waals surface area contributed by atoms with Crippen molar-refractivity contribution in [3.05, 3.63) is 59.0 Å². The van der Waals surface area contributed by atoms with Crippen LogP contribution in [0.25, 0.3) is 11.3 Å². The van der Waals surface area contributed by atoms with Gasteiger partial charge in [-0.25, -0.2) is 4.98 Å². The molecule has 4 nitrogen and oxygen atoms in total. The largest absolute Gasteiger partial charge is 0.416 e. The maximum atomic E-state index is 14.3. The molecular weight excluding hydrogens is 442 g/mol. The highest BCUT2D eigenvalue weighted by Gasteiger charge is 2.33. The van der Waals surface area contributed by atoms with Crippen LogP contribution in [0.4, 0.5) is 28.4 Å². The third-order valence-corrected chi connectivity index (χ3v) is 5.64. The zero-order valence-corrected chi connectivity index (χ0v) is 18.5. The minimum Gasteiger partial charge on any atom is -0.382 e. The highest BCUT2D eigenvalue weighted by atomic mass is 32.1. The van der Waals surface area contributed by atoms with Gasteiger partial charge in [-0.1, -0.05) is 30.2 Å². The number of benzene rings is 1. The number of rotatable bonds is 11. The average Bonchev–Trinajstić information content (AvgIpc) is 3.13. The van der Waals surface area contributed by atoms with E-state index in [9.17, 15) is 17.6 Å². The molecule has 0 atom stereocenters. The van der Waals surface area contributed by atoms with Crippen molar-refractivity contribution in [3.63, 3.8) is 0 Å². The molecule has 0 spiro atoms. The molecule has 1 N–H and O–H groups in total. The number of halogens is 4. The van der Waals surface area contributed by atoms with Crippen molar-refractivity contribution in [1.29, 1.82) is 0 Å². The summed E-state index contributed by atoms with van der Waals surface area (Å²) in [6, 6.07) is 7.45. The fourth-order valence-corrected chi connectivity index (χ4v) is 4.05. The number of unbranched alkanes of at least 4 members (excludes halogenated alkanes) is 3. The van der Waals surface area contributed by atoms with Crippen molar-refractivity contribution in [2.75, 3.05) is 18.5 Å². The molecule has 172 valence electrons. The Balaban J connectivity index is 1.68. The summed E-state index contributed by atoms with van der Waals surface area (Å²) in [6.07, 6.45) is 2.28. The molecule has 2 heterocycles. The van der Waals surface area contributed by atoms with E-state index in [0.29, 0.717) is 31.6 Å². The maximum Gasteiger partial charge on any atom is 0.416 e. The SMILES string of the molecule is CCOCCCCCCc1ccc(Nc2nc(-c3cccnc3)c(F)s2)cc1C(F)(F)F. The Morgan fingerprint density at radius 1 is 1.09 bits per heavy atom. The molecule has 0 unspecified atom stereocenters. The van der Waals surface area contributed by atoms with Crippen LogP contribution in [0.5, 0.6) is 0 Å². The van der Waals surface area contributed by atoms with Gasteiger partial charge in [0.2, 0.25) is 5.13 Å². The van der Waals surface area contributed by atoms with Crippen molar-refractivity contribution in [1.82, 2.24) is 9.97 Å². The number of thiazole rings is 1. The number of ether oxygens (including phenoxy) is 1. The molecule has 0 aliphatic carbocycles. The fraction of sp³-hybridized carbons (Fsp3) is 0.391. The molecule has 0 aliphatic heterocycles. The van der Waals surface area contributed by atoms with Crippen LogP contribution in [0, 0.1) is 5.13 Å². The van der Waals surface area contributed by atoms with Gasteiger partial charge in [-0.3, -0.25) is 4.98 Å². The van der Waals surface area contributed by atoms with E-state index in [1.165, 1.54) is 12.3 Å². The Morgan fingerprint density at radius 2 is 1.91 bits per heavy atom. The summed E-state index contributed by atoms with van der Waals surface area (Å²) in [5, 5.41) is 2.45. The predicted octanol–water partition coefficient (Wildman–Crippen LogP) is 7.25. The van der Waals surface area contributed by atoms with E-state index in [1.54, 1.807) is 24.4 Å². The Kier molecular flexibility index (Phi) is 8.58. The van der Waals surface area contributed by atoms with E-state index in [4.69, 9.17) is 4.74 Å². The van der Waals surface area contributed by atoms with Gasteiger partial charge in [-0.2, -0.15) is 17.6 Å². The number of hydrogen-bond acceptors (Lipinski definition) is 5. The minimum absolute atomic E-state index is 0.114. The summed E-state index contributed by atoms with van der Waals surface area (Å²) in [6.45, 7) is 3.29. The number of nitrogens with zero attached hydrogens (tertiary/aromatic N) is 2. The summed E-state index contributed by atoms with van der Waals surface area (Å²) < 4.78 is 60.5. The minimum atomic E-state index is -4.48. The lowest BCUT2D eigenvalue weighted by Crippen LogP contribution is -2.10. The zero-order valence-electron chi connectivity index (χ0n) is 17.7. The van der Waals surface area contributed by atoms with Gasteiger partial charge in [0, 0.05) is 36.9 Å². The first kappa shape index (κ1) is 24.1. The van der Waals surface area contributed by atoms with Gasteiger partial charge in [0.25, 0.3) is 0 Å². The highest BCUT2D eigenvalue weighted by molar-refractivity contribution is 7.14. The molecule has 0 amide bonds. The molecule has 3 aromatic rings. The summed E-state index contributed by atoms with van der Waals surface area (Å²) in [5.74, 6) is 0. The number of hydrogen-bond donors (Lipinski definition) is 1. The molecule has 2 aromatic heterocycles. The average molecular weight is 468 g/mol. The molecule has 0 bridgehead atoms. The van der Waals surface area contributed by atoms with Gasteiger partial charge in [-0.05, 0) is 56.0 Å². The van der Waals surface area contributed by atoms with Crippen molar-refractivity contribution >= 4 is 22.2 Å². The van der Waals surface area contributed by atoms with E-state index in [2.05, 4.69) is 15.3 Å². The highest BCUT2D eigenvalue weighted by Crippen LogP contribution is 2.36. The normalized spacial score (nSPS) is 11.7. The van der Waals surface area contributed by atoms with Crippen LogP contribution >= 0.6 is 11.3 Å². The van der Waals surface area contributed by atoms with Gasteiger partial charge >= 0.3 is 6.18 Å². The summed E-state index contributed by atoms with van der Waals surface area (Å²) in [4.78, 5) is 8.12. The van der Waals surface area contributed by atoms with Gasteiger partial charge in [0.15, 0.2) is 5.13 Å². The van der Waals surface area contributed by atoms with Crippen molar-refractivity contribution in [2.24, 2.45) is 0 Å². The summed E-state index contributed by atoms with van der Waals surface area (Å²) >= 11 is 0.738. The summed E-state index contributed by atoms with van der Waals surface area (Å²) in [7, 11) is 0. The Hall–Kier alpha value is -2.52. The molecule has 9 heteroatoms. The number of pyridine rings is 1. The maximum absolute atomic E-state index is 14.3. The van der Waals surface area contributed by atoms with Crippen LogP contribution in [0.3, 0.4) is 0 Å². The smallest absolute Gasteiger partial charge is 0.382 e. The number of aromatic nitrogens is 2. The van der Waals surface area contributed by atoms with Crippen LogP contribution in [0.15, 0.2) is 42.7 Å². The molecular formula is C23H25F4N3OS. The van der Waals surface area contributed by atoms with Crippen LogP contribution in [-0.2, 0) is 17.3 Å². The summed E-state index contributed by atoms with van der Waals surface area (Å²) in [5.41, 5.74) is 0.407. The first-order chi connectivity index (χ1) is 15.4. The van der Waals surface area contributed by atoms with E-state index in [1.807, 2.05) is 6.92 Å². The number of aryl methyl sites for hydroxylation is 1. The lowest BCUT2D eigenvalue weighted by molar-refractivity contribution is -0.138. The lowest BCUT2D eigenvalue weighted by Gasteiger charge is -2.15. The third kappa shape index (κ3) is 6.74. The van der Waals surface area contributed by atoms with Gasteiger partial charge in [0.1, 0.15) is 5.69 Å². The quantitative estimate of drug-likeness (QED) is 0.238. The van der Waals surface area contributed by atoms with Crippen LogP contribution in [-0.4, -0.2) is 23.2 Å². The number of anilines is 2. The fourth-order valence-electron chi connectivity index (χ4n) is 3.31. The van der Waals surface area contributed by atoms with Crippen molar-refractivity contribution in [3.8, 4) is 11.3 Å². The second kappa shape index (κ2) is 11.4. The van der Waals surface area contributed by atoms with E-state index in [0.717, 1.165) is 36.7 Å². The molecule has 32 heavy (non-hydrogen) atoms. The second-order valence-corrected chi connectivity index (χ2v) is 8.19. The zero-order chi connectivity index (χ0) is 23.0. The topological polar surface area (TPSA) is 47.0 Å². The standard InChI is InChI=1S/C23H25F4N3OS/c1-2-31-13-6-4-3-5-8-16-10-11-18(14-19(16)23(25,26)27)29-22-30-20(21(24)32-22)17-9-7-12-28-15-17/h7,9-12,14-15H,2-6,8,13H2,1H3,(H,29,30). The van der Waals surface area contributed by atoms with E-state index < -0.39 is 16.9 Å². The Labute approximate surface area is 188 Å². The van der Waals surface area contributed by atoms with Crippen molar-refractivity contribution in [2.45, 2.75) is 45.2 Å². The molecule has 3 rings (SSSR count). The van der Waals surface area contributed by atoms with Gasteiger partial charge in [0.05, 0.1) is 5.56 Å². The first-order valence-corrected chi connectivity index (χ1v) is 11.3. The first-order valence-electron chi connectivity index (χ1n) is 10.5. The molecule has 0 saturated heterocycles. The number of alkyl halides is 3. The molecule has 1 aromatic carbocycles. The van der Waals surface area contributed by atoms with E-state index in [-0.39, 0.29) is 22.1 Å². The second-order valence-electron chi connectivity index (χ2n) is 7.24. The van der Waals surface area contributed by atoms with Crippen LogP contribution in [0.2, 0.25) is 0 Å². The third-order valence-electron chi connectivity index (χ3n) is 4.88. The Morgan fingerprint density at radius 3 is 2.62 bits per heavy atom. The number of nitrogens with one attached hydrogen (secondary N) is 1. The van der Waals surface area contributed by atoms with Crippen LogP contribution < -0.4 is 5.32 Å². The monoisotopic (exact) mass is 467 g/mol. The molecule has 0 radical (unpaired) electrons. The van der Waals surface area contributed by atoms with Gasteiger partial charge < -0.3 is 10.1 Å². The lowest BCUT2D eigenvalue weighted by atomic mass is 9.99. The van der Waals surface area contributed by atoms with Gasteiger partial charge in [-0.15, -0.1) is 0 Å². The Bertz CT molecular complexity index is 993.